The first-order valence-electron chi connectivity index (χ1n) is 8.32. The summed E-state index contributed by atoms with van der Waals surface area (Å²) in [6.45, 7) is 5.80. The average Bonchev–Trinajstić information content (AvgIpc) is 3.06. The van der Waals surface area contributed by atoms with Gasteiger partial charge >= 0.3 is 0 Å². The topological polar surface area (TPSA) is 68.4 Å². The molecule has 7 nitrogen and oxygen atoms in total. The Bertz CT molecular complexity index is 894. The van der Waals surface area contributed by atoms with E-state index in [1.165, 1.54) is 0 Å². The second-order valence-corrected chi connectivity index (χ2v) is 6.70. The number of hydrogen-bond acceptors (Lipinski definition) is 6. The first kappa shape index (κ1) is 16.1. The lowest BCUT2D eigenvalue weighted by Crippen LogP contribution is -2.42. The molecule has 1 saturated heterocycles. The van der Waals surface area contributed by atoms with Crippen LogP contribution in [0.4, 0.5) is 5.82 Å². The van der Waals surface area contributed by atoms with Crippen LogP contribution in [0.3, 0.4) is 0 Å². The number of pyridine rings is 1. The van der Waals surface area contributed by atoms with Gasteiger partial charge in [-0.3, -0.25) is 0 Å². The molecule has 0 aliphatic carbocycles. The third kappa shape index (κ3) is 3.11. The van der Waals surface area contributed by atoms with Crippen LogP contribution in [0.5, 0.6) is 5.88 Å². The van der Waals surface area contributed by atoms with Gasteiger partial charge in [0.15, 0.2) is 0 Å². The van der Waals surface area contributed by atoms with Crippen LogP contribution in [0.2, 0.25) is 5.02 Å². The Morgan fingerprint density at radius 2 is 2.12 bits per heavy atom. The maximum absolute atomic E-state index is 6.05. The van der Waals surface area contributed by atoms with Crippen molar-refractivity contribution in [3.63, 3.8) is 0 Å². The van der Waals surface area contributed by atoms with Gasteiger partial charge in [-0.25, -0.2) is 9.97 Å². The summed E-state index contributed by atoms with van der Waals surface area (Å²) in [6, 6.07) is 3.60. The third-order valence-electron chi connectivity index (χ3n) is 4.54. The standard InChI is InChI=1S/C17H19ClN6O/c1-11-12(2)22-17-20-10-21-24(17)16(11)23-7-3-4-14(9-23)25-15-6-5-13(18)8-19-15/h5-6,8,10,14H,3-4,7,9H2,1-2H3. The molecule has 3 aromatic rings. The summed E-state index contributed by atoms with van der Waals surface area (Å²) in [4.78, 5) is 15.3. The summed E-state index contributed by atoms with van der Waals surface area (Å²) >= 11 is 5.89. The SMILES string of the molecule is Cc1nc2ncnn2c(N2CCCC(Oc3ccc(Cl)cn3)C2)c1C. The Morgan fingerprint density at radius 1 is 1.24 bits per heavy atom. The van der Waals surface area contributed by atoms with Gasteiger partial charge in [-0.05, 0) is 32.8 Å². The second kappa shape index (κ2) is 6.48. The molecular weight excluding hydrogens is 340 g/mol. The van der Waals surface area contributed by atoms with Gasteiger partial charge in [0.25, 0.3) is 5.78 Å². The highest BCUT2D eigenvalue weighted by molar-refractivity contribution is 6.30. The van der Waals surface area contributed by atoms with Crippen molar-refractivity contribution in [3.05, 3.63) is 40.9 Å². The molecule has 4 rings (SSSR count). The van der Waals surface area contributed by atoms with Crippen LogP contribution in [-0.4, -0.2) is 43.8 Å². The van der Waals surface area contributed by atoms with Crippen LogP contribution in [-0.2, 0) is 0 Å². The number of nitrogens with zero attached hydrogens (tertiary/aromatic N) is 6. The molecule has 0 amide bonds. The molecule has 1 aliphatic rings. The van der Waals surface area contributed by atoms with Crippen LogP contribution in [0.1, 0.15) is 24.1 Å². The molecule has 0 radical (unpaired) electrons. The Kier molecular flexibility index (Phi) is 4.17. The molecule has 8 heteroatoms. The molecule has 1 fully saturated rings. The van der Waals surface area contributed by atoms with Crippen LogP contribution in [0.15, 0.2) is 24.7 Å². The van der Waals surface area contributed by atoms with E-state index in [2.05, 4.69) is 31.9 Å². The monoisotopic (exact) mass is 358 g/mol. The van der Waals surface area contributed by atoms with Gasteiger partial charge in [0.05, 0.1) is 11.6 Å². The molecule has 0 aromatic carbocycles. The Morgan fingerprint density at radius 3 is 2.92 bits per heavy atom. The van der Waals surface area contributed by atoms with E-state index in [9.17, 15) is 0 Å². The van der Waals surface area contributed by atoms with Gasteiger partial charge < -0.3 is 9.64 Å². The minimum absolute atomic E-state index is 0.0638. The molecule has 0 bridgehead atoms. The lowest BCUT2D eigenvalue weighted by Gasteiger charge is -2.35. The van der Waals surface area contributed by atoms with Crippen molar-refractivity contribution in [3.8, 4) is 5.88 Å². The fourth-order valence-corrected chi connectivity index (χ4v) is 3.33. The number of piperidine rings is 1. The largest absolute Gasteiger partial charge is 0.472 e. The zero-order chi connectivity index (χ0) is 17.4. The molecule has 130 valence electrons. The van der Waals surface area contributed by atoms with E-state index in [-0.39, 0.29) is 6.10 Å². The summed E-state index contributed by atoms with van der Waals surface area (Å²) < 4.78 is 7.86. The zero-order valence-corrected chi connectivity index (χ0v) is 14.9. The fraction of sp³-hybridized carbons (Fsp3) is 0.412. The van der Waals surface area contributed by atoms with Crippen molar-refractivity contribution in [1.29, 1.82) is 0 Å². The molecule has 1 aliphatic heterocycles. The third-order valence-corrected chi connectivity index (χ3v) is 4.77. The fourth-order valence-electron chi connectivity index (χ4n) is 3.22. The number of halogens is 1. The first-order valence-corrected chi connectivity index (χ1v) is 8.69. The smallest absolute Gasteiger partial charge is 0.254 e. The predicted octanol–water partition coefficient (Wildman–Crippen LogP) is 2.84. The number of aryl methyl sites for hydroxylation is 1. The molecule has 25 heavy (non-hydrogen) atoms. The summed E-state index contributed by atoms with van der Waals surface area (Å²) in [7, 11) is 0. The number of fused-ring (bicyclic) bond motifs is 1. The van der Waals surface area contributed by atoms with Crippen molar-refractivity contribution < 1.29 is 4.74 Å². The highest BCUT2D eigenvalue weighted by Crippen LogP contribution is 2.27. The highest BCUT2D eigenvalue weighted by atomic mass is 35.5. The van der Waals surface area contributed by atoms with Crippen molar-refractivity contribution >= 4 is 23.2 Å². The van der Waals surface area contributed by atoms with E-state index >= 15 is 0 Å². The van der Waals surface area contributed by atoms with Gasteiger partial charge in [0.2, 0.25) is 5.88 Å². The van der Waals surface area contributed by atoms with E-state index in [4.69, 9.17) is 16.3 Å². The number of anilines is 1. The van der Waals surface area contributed by atoms with Gasteiger partial charge in [0, 0.05) is 30.1 Å². The van der Waals surface area contributed by atoms with E-state index < -0.39 is 0 Å². The molecular formula is C17H19ClN6O. The van der Waals surface area contributed by atoms with Gasteiger partial charge in [-0.15, -0.1) is 0 Å². The maximum Gasteiger partial charge on any atom is 0.254 e. The van der Waals surface area contributed by atoms with E-state index in [1.54, 1.807) is 24.7 Å². The van der Waals surface area contributed by atoms with Crippen LogP contribution in [0, 0.1) is 13.8 Å². The molecule has 3 aromatic heterocycles. The Balaban J connectivity index is 1.60. The number of ether oxygens (including phenoxy) is 1. The summed E-state index contributed by atoms with van der Waals surface area (Å²) in [5.74, 6) is 2.27. The molecule has 1 atom stereocenters. The van der Waals surface area contributed by atoms with E-state index in [0.29, 0.717) is 16.7 Å². The second-order valence-electron chi connectivity index (χ2n) is 6.26. The van der Waals surface area contributed by atoms with Crippen molar-refractivity contribution in [2.24, 2.45) is 0 Å². The molecule has 4 heterocycles. The van der Waals surface area contributed by atoms with Crippen LogP contribution in [0.25, 0.3) is 5.78 Å². The quantitative estimate of drug-likeness (QED) is 0.717. The van der Waals surface area contributed by atoms with Crippen LogP contribution < -0.4 is 9.64 Å². The predicted molar refractivity (Wildman–Crippen MR) is 95.4 cm³/mol. The van der Waals surface area contributed by atoms with Gasteiger partial charge in [-0.1, -0.05) is 11.6 Å². The van der Waals surface area contributed by atoms with Gasteiger partial charge in [0.1, 0.15) is 18.2 Å². The van der Waals surface area contributed by atoms with Gasteiger partial charge in [-0.2, -0.15) is 14.6 Å². The highest BCUT2D eigenvalue weighted by Gasteiger charge is 2.26. The summed E-state index contributed by atoms with van der Waals surface area (Å²) in [6.07, 6.45) is 5.24. The van der Waals surface area contributed by atoms with Crippen molar-refractivity contribution in [2.45, 2.75) is 32.8 Å². The minimum atomic E-state index is 0.0638. The first-order chi connectivity index (χ1) is 12.1. The maximum atomic E-state index is 6.05. The molecule has 0 saturated carbocycles. The Hall–Kier alpha value is -2.41. The summed E-state index contributed by atoms with van der Waals surface area (Å²) in [5, 5.41) is 4.95. The average molecular weight is 359 g/mol. The lowest BCUT2D eigenvalue weighted by atomic mass is 10.1. The molecule has 1 unspecified atom stereocenters. The lowest BCUT2D eigenvalue weighted by molar-refractivity contribution is 0.171. The van der Waals surface area contributed by atoms with Crippen molar-refractivity contribution in [2.75, 3.05) is 18.0 Å². The normalized spacial score (nSPS) is 17.9. The summed E-state index contributed by atoms with van der Waals surface area (Å²) in [5.41, 5.74) is 2.08. The Labute approximate surface area is 150 Å². The molecule has 0 N–H and O–H groups in total. The van der Waals surface area contributed by atoms with E-state index in [1.807, 2.05) is 11.4 Å². The van der Waals surface area contributed by atoms with E-state index in [0.717, 1.165) is 43.0 Å². The zero-order valence-electron chi connectivity index (χ0n) is 14.2. The number of rotatable bonds is 3. The van der Waals surface area contributed by atoms with Crippen molar-refractivity contribution in [1.82, 2.24) is 24.6 Å². The molecule has 0 spiro atoms. The number of aromatic nitrogens is 5. The minimum Gasteiger partial charge on any atom is -0.472 e. The number of hydrogen-bond donors (Lipinski definition) is 0. The van der Waals surface area contributed by atoms with Crippen LogP contribution >= 0.6 is 11.6 Å².